The van der Waals surface area contributed by atoms with Crippen molar-refractivity contribution in [1.29, 1.82) is 0 Å². The number of carbonyl (C=O) groups is 2. The zero-order valence-electron chi connectivity index (χ0n) is 19.7. The summed E-state index contributed by atoms with van der Waals surface area (Å²) in [6.07, 6.45) is 3.13. The summed E-state index contributed by atoms with van der Waals surface area (Å²) in [6, 6.07) is 26.3. The molecule has 3 aromatic rings. The van der Waals surface area contributed by atoms with Gasteiger partial charge in [0.1, 0.15) is 0 Å². The summed E-state index contributed by atoms with van der Waals surface area (Å²) in [6.45, 7) is 6.70. The van der Waals surface area contributed by atoms with Crippen LogP contribution in [0.1, 0.15) is 49.1 Å². The van der Waals surface area contributed by atoms with Crippen LogP contribution in [0.25, 0.3) is 6.08 Å². The Morgan fingerprint density at radius 3 is 2.09 bits per heavy atom. The molecule has 0 radical (unpaired) electrons. The lowest BCUT2D eigenvalue weighted by Crippen LogP contribution is -2.30. The van der Waals surface area contributed by atoms with Crippen molar-refractivity contribution < 1.29 is 14.7 Å². The molecule has 4 heteroatoms. The van der Waals surface area contributed by atoms with Gasteiger partial charge in [-0.15, -0.1) is 0 Å². The predicted molar refractivity (Wildman–Crippen MR) is 135 cm³/mol. The lowest BCUT2D eigenvalue weighted by Gasteiger charge is -2.27. The number of nitrogens with zero attached hydrogens (tertiary/aromatic N) is 1. The third kappa shape index (κ3) is 4.86. The highest BCUT2D eigenvalue weighted by Gasteiger charge is 2.42. The molecule has 172 valence electrons. The van der Waals surface area contributed by atoms with E-state index < -0.39 is 17.7 Å². The predicted octanol–water partition coefficient (Wildman–Crippen LogP) is 6.16. The van der Waals surface area contributed by atoms with Crippen LogP contribution in [0.4, 0.5) is 0 Å². The summed E-state index contributed by atoms with van der Waals surface area (Å²) in [5.41, 5.74) is 3.82. The van der Waals surface area contributed by atoms with E-state index in [4.69, 9.17) is 0 Å². The molecule has 4 nitrogen and oxygen atoms in total. The van der Waals surface area contributed by atoms with E-state index in [1.165, 1.54) is 6.08 Å². The lowest BCUT2D eigenvalue weighted by molar-refractivity contribution is -0.130. The minimum atomic E-state index is -0.672. The number of aliphatic hydroxyl groups is 1. The Labute approximate surface area is 200 Å². The summed E-state index contributed by atoms with van der Waals surface area (Å²) in [5, 5.41) is 10.8. The van der Waals surface area contributed by atoms with Crippen LogP contribution >= 0.6 is 0 Å². The van der Waals surface area contributed by atoms with Crippen molar-refractivity contribution in [3.63, 3.8) is 0 Å². The van der Waals surface area contributed by atoms with E-state index in [-0.39, 0.29) is 23.3 Å². The topological polar surface area (TPSA) is 57.6 Å². The SMILES string of the molecule is CC(C)(C)c1ccc(C2C(C(=O)/C=C/c3ccccc3)=C(O)C(=O)N2Cc2ccccc2)cc1. The van der Waals surface area contributed by atoms with Crippen molar-refractivity contribution in [2.75, 3.05) is 0 Å². The molecule has 0 aromatic heterocycles. The number of hydrogen-bond acceptors (Lipinski definition) is 3. The molecule has 1 atom stereocenters. The van der Waals surface area contributed by atoms with Crippen LogP contribution in [0, 0.1) is 0 Å². The van der Waals surface area contributed by atoms with Crippen LogP contribution in [-0.2, 0) is 21.5 Å². The smallest absolute Gasteiger partial charge is 0.290 e. The largest absolute Gasteiger partial charge is 0.503 e. The van der Waals surface area contributed by atoms with Gasteiger partial charge < -0.3 is 10.0 Å². The van der Waals surface area contributed by atoms with Crippen LogP contribution in [0.15, 0.2) is 102 Å². The number of hydrogen-bond donors (Lipinski definition) is 1. The number of ketones is 1. The quantitative estimate of drug-likeness (QED) is 0.457. The third-order valence-corrected chi connectivity index (χ3v) is 6.08. The van der Waals surface area contributed by atoms with E-state index in [0.29, 0.717) is 0 Å². The zero-order valence-corrected chi connectivity index (χ0v) is 19.7. The fourth-order valence-corrected chi connectivity index (χ4v) is 4.19. The first-order chi connectivity index (χ1) is 16.3. The maximum atomic E-state index is 13.3. The fourth-order valence-electron chi connectivity index (χ4n) is 4.19. The summed E-state index contributed by atoms with van der Waals surface area (Å²) in [7, 11) is 0. The number of aliphatic hydroxyl groups excluding tert-OH is 1. The van der Waals surface area contributed by atoms with Crippen molar-refractivity contribution in [2.45, 2.75) is 38.8 Å². The summed E-state index contributed by atoms with van der Waals surface area (Å²) in [5.74, 6) is -1.40. The molecule has 3 aromatic carbocycles. The van der Waals surface area contributed by atoms with Gasteiger partial charge in [0.2, 0.25) is 0 Å². The maximum Gasteiger partial charge on any atom is 0.290 e. The first-order valence-corrected chi connectivity index (χ1v) is 11.4. The van der Waals surface area contributed by atoms with Gasteiger partial charge in [-0.2, -0.15) is 0 Å². The molecule has 1 unspecified atom stereocenters. The van der Waals surface area contributed by atoms with Gasteiger partial charge in [0.25, 0.3) is 5.91 Å². The first-order valence-electron chi connectivity index (χ1n) is 11.4. The van der Waals surface area contributed by atoms with Crippen LogP contribution in [0.3, 0.4) is 0 Å². The summed E-state index contributed by atoms with van der Waals surface area (Å²) >= 11 is 0. The Kier molecular flexibility index (Phi) is 6.51. The van der Waals surface area contributed by atoms with Crippen molar-refractivity contribution in [2.24, 2.45) is 0 Å². The average molecular weight is 452 g/mol. The van der Waals surface area contributed by atoms with Gasteiger partial charge in [-0.1, -0.05) is 112 Å². The van der Waals surface area contributed by atoms with E-state index in [1.54, 1.807) is 11.0 Å². The van der Waals surface area contributed by atoms with E-state index >= 15 is 0 Å². The lowest BCUT2D eigenvalue weighted by atomic mass is 9.85. The van der Waals surface area contributed by atoms with Crippen molar-refractivity contribution in [1.82, 2.24) is 4.90 Å². The average Bonchev–Trinajstić information content (AvgIpc) is 3.08. The number of rotatable bonds is 6. The van der Waals surface area contributed by atoms with Crippen LogP contribution in [-0.4, -0.2) is 21.7 Å². The highest BCUT2D eigenvalue weighted by Crippen LogP contribution is 2.39. The molecule has 0 saturated carbocycles. The Morgan fingerprint density at radius 2 is 1.50 bits per heavy atom. The van der Waals surface area contributed by atoms with Crippen molar-refractivity contribution in [3.05, 3.63) is 125 Å². The highest BCUT2D eigenvalue weighted by molar-refractivity contribution is 6.14. The molecular weight excluding hydrogens is 422 g/mol. The van der Waals surface area contributed by atoms with Gasteiger partial charge >= 0.3 is 0 Å². The summed E-state index contributed by atoms with van der Waals surface area (Å²) < 4.78 is 0. The molecule has 4 rings (SSSR count). The molecule has 0 aliphatic carbocycles. The highest BCUT2D eigenvalue weighted by atomic mass is 16.3. The van der Waals surface area contributed by atoms with Gasteiger partial charge in [0.05, 0.1) is 11.6 Å². The molecule has 0 saturated heterocycles. The fraction of sp³-hybridized carbons (Fsp3) is 0.200. The van der Waals surface area contributed by atoms with Gasteiger partial charge in [-0.25, -0.2) is 0 Å². The number of benzene rings is 3. The standard InChI is InChI=1S/C30H29NO3/c1-30(2,3)24-17-15-23(16-18-24)27-26(25(32)19-14-21-10-6-4-7-11-21)28(33)29(34)31(27)20-22-12-8-5-9-13-22/h4-19,27,33H,20H2,1-3H3/b19-14+. The molecule has 1 N–H and O–H groups in total. The zero-order chi connectivity index (χ0) is 24.3. The van der Waals surface area contributed by atoms with E-state index in [0.717, 1.165) is 22.3 Å². The van der Waals surface area contributed by atoms with Crippen molar-refractivity contribution in [3.8, 4) is 0 Å². The minimum Gasteiger partial charge on any atom is -0.503 e. The molecule has 34 heavy (non-hydrogen) atoms. The molecule has 1 aliphatic heterocycles. The Hall–Kier alpha value is -3.92. The molecule has 1 heterocycles. The third-order valence-electron chi connectivity index (χ3n) is 6.08. The maximum absolute atomic E-state index is 13.3. The number of amides is 1. The first kappa shape index (κ1) is 23.2. The van der Waals surface area contributed by atoms with E-state index in [2.05, 4.69) is 20.8 Å². The number of allylic oxidation sites excluding steroid dienone is 1. The molecule has 0 fully saturated rings. The monoisotopic (exact) mass is 451 g/mol. The van der Waals surface area contributed by atoms with Gasteiger partial charge in [-0.05, 0) is 33.7 Å². The normalized spacial score (nSPS) is 16.5. The van der Waals surface area contributed by atoms with Crippen LogP contribution < -0.4 is 0 Å². The van der Waals surface area contributed by atoms with Crippen molar-refractivity contribution >= 4 is 17.8 Å². The Bertz CT molecular complexity index is 1230. The number of carbonyl (C=O) groups excluding carboxylic acids is 2. The van der Waals surface area contributed by atoms with Gasteiger partial charge in [0.15, 0.2) is 11.5 Å². The van der Waals surface area contributed by atoms with Gasteiger partial charge in [0, 0.05) is 6.54 Å². The molecule has 1 aliphatic rings. The second-order valence-corrected chi connectivity index (χ2v) is 9.56. The second-order valence-electron chi connectivity index (χ2n) is 9.56. The van der Waals surface area contributed by atoms with E-state index in [1.807, 2.05) is 84.9 Å². The van der Waals surface area contributed by atoms with Crippen LogP contribution in [0.5, 0.6) is 0 Å². The molecule has 0 bridgehead atoms. The minimum absolute atomic E-state index is 0.0250. The molecule has 0 spiro atoms. The Balaban J connectivity index is 1.73. The summed E-state index contributed by atoms with van der Waals surface area (Å²) in [4.78, 5) is 28.0. The van der Waals surface area contributed by atoms with E-state index in [9.17, 15) is 14.7 Å². The van der Waals surface area contributed by atoms with Gasteiger partial charge in [-0.3, -0.25) is 9.59 Å². The Morgan fingerprint density at radius 1 is 0.912 bits per heavy atom. The molecular formula is C30H29NO3. The second kappa shape index (κ2) is 9.52. The molecule has 1 amide bonds. The van der Waals surface area contributed by atoms with Crippen LogP contribution in [0.2, 0.25) is 0 Å².